The van der Waals surface area contributed by atoms with E-state index in [4.69, 9.17) is 19.3 Å². The fourth-order valence-electron chi connectivity index (χ4n) is 4.38. The summed E-state index contributed by atoms with van der Waals surface area (Å²) in [5.41, 5.74) is 2.24. The number of carbonyl (C=O) groups is 2. The number of rotatable bonds is 10. The number of hydrazone groups is 1. The summed E-state index contributed by atoms with van der Waals surface area (Å²) >= 11 is 0. The van der Waals surface area contributed by atoms with Crippen molar-refractivity contribution in [3.05, 3.63) is 95.3 Å². The molecule has 38 heavy (non-hydrogen) atoms. The molecule has 0 saturated heterocycles. The Morgan fingerprint density at radius 1 is 0.974 bits per heavy atom. The number of carbonyl (C=O) groups excluding carboxylic acids is 2. The number of nitrogens with zero attached hydrogens (tertiary/aromatic N) is 3. The number of ether oxygens (including phenoxy) is 3. The average molecular weight is 520 g/mol. The van der Waals surface area contributed by atoms with Crippen LogP contribution in [0, 0.1) is 5.82 Å². The normalized spacial score (nSPS) is 14.7. The maximum Gasteiger partial charge on any atom is 0.262 e. The zero-order chi connectivity index (χ0) is 27.1. The van der Waals surface area contributed by atoms with Gasteiger partial charge >= 0.3 is 0 Å². The quantitative estimate of drug-likeness (QED) is 0.399. The Kier molecular flexibility index (Phi) is 8.70. The summed E-state index contributed by atoms with van der Waals surface area (Å²) in [6, 6.07) is 20.1. The van der Waals surface area contributed by atoms with Crippen LogP contribution in [0.2, 0.25) is 0 Å². The van der Waals surface area contributed by atoms with Crippen molar-refractivity contribution in [3.8, 4) is 11.5 Å². The van der Waals surface area contributed by atoms with Crippen molar-refractivity contribution in [2.75, 3.05) is 41.0 Å². The van der Waals surface area contributed by atoms with Crippen LogP contribution in [0.25, 0.3) is 0 Å². The molecule has 0 saturated carbocycles. The lowest BCUT2D eigenvalue weighted by atomic mass is 9.97. The number of halogens is 1. The summed E-state index contributed by atoms with van der Waals surface area (Å²) in [6.07, 6.45) is 0.442. The summed E-state index contributed by atoms with van der Waals surface area (Å²) in [4.78, 5) is 28.2. The second-order valence-electron chi connectivity index (χ2n) is 8.67. The Labute approximate surface area is 221 Å². The van der Waals surface area contributed by atoms with Crippen molar-refractivity contribution in [2.24, 2.45) is 5.10 Å². The molecule has 1 heterocycles. The minimum atomic E-state index is -0.653. The molecular formula is C29H30FN3O5. The molecule has 9 heteroatoms. The van der Waals surface area contributed by atoms with Crippen LogP contribution in [0.3, 0.4) is 0 Å². The van der Waals surface area contributed by atoms with Gasteiger partial charge in [-0.2, -0.15) is 5.10 Å². The first-order valence-electron chi connectivity index (χ1n) is 12.2. The van der Waals surface area contributed by atoms with Crippen LogP contribution in [0.1, 0.15) is 33.9 Å². The van der Waals surface area contributed by atoms with Gasteiger partial charge in [-0.15, -0.1) is 0 Å². The summed E-state index contributed by atoms with van der Waals surface area (Å²) < 4.78 is 30.4. The van der Waals surface area contributed by atoms with E-state index in [0.717, 1.165) is 11.1 Å². The molecule has 4 rings (SSSR count). The number of benzene rings is 3. The van der Waals surface area contributed by atoms with Gasteiger partial charge in [-0.05, 0) is 48.0 Å². The van der Waals surface area contributed by atoms with Gasteiger partial charge < -0.3 is 19.1 Å². The molecule has 8 nitrogen and oxygen atoms in total. The number of hydrogen-bond acceptors (Lipinski definition) is 6. The number of para-hydroxylation sites is 1. The van der Waals surface area contributed by atoms with Crippen LogP contribution < -0.4 is 9.47 Å². The minimum absolute atomic E-state index is 0.109. The summed E-state index contributed by atoms with van der Waals surface area (Å²) in [5, 5.41) is 6.09. The van der Waals surface area contributed by atoms with Crippen LogP contribution in [-0.2, 0) is 9.53 Å². The standard InChI is InChI=1S/C29H30FN3O5/c1-36-17-16-32(29(35)22-8-4-6-10-24(22)30)19-28(34)33-26(23-9-5-7-11-27(23)38-3)18-25(31-33)20-12-14-21(37-2)15-13-20/h4-15,26H,16-19H2,1-3H3/t26-/m1/s1. The second kappa shape index (κ2) is 12.3. The molecule has 0 radical (unpaired) electrons. The van der Waals surface area contributed by atoms with Gasteiger partial charge in [0.05, 0.1) is 38.1 Å². The third kappa shape index (κ3) is 5.84. The predicted octanol–water partition coefficient (Wildman–Crippen LogP) is 4.31. The minimum Gasteiger partial charge on any atom is -0.497 e. The van der Waals surface area contributed by atoms with Crippen LogP contribution in [0.5, 0.6) is 11.5 Å². The molecule has 3 aromatic rings. The van der Waals surface area contributed by atoms with Crippen LogP contribution >= 0.6 is 0 Å². The van der Waals surface area contributed by atoms with E-state index >= 15 is 0 Å². The highest BCUT2D eigenvalue weighted by Crippen LogP contribution is 2.37. The SMILES string of the molecule is COCCN(CC(=O)N1N=C(c2ccc(OC)cc2)C[C@@H]1c1ccccc1OC)C(=O)c1ccccc1F. The van der Waals surface area contributed by atoms with E-state index in [9.17, 15) is 14.0 Å². The van der Waals surface area contributed by atoms with Crippen molar-refractivity contribution in [3.63, 3.8) is 0 Å². The fraction of sp³-hybridized carbons (Fsp3) is 0.276. The molecule has 0 aliphatic carbocycles. The molecule has 0 N–H and O–H groups in total. The first-order chi connectivity index (χ1) is 18.5. The molecule has 0 spiro atoms. The van der Waals surface area contributed by atoms with Crippen LogP contribution in [0.15, 0.2) is 77.9 Å². The van der Waals surface area contributed by atoms with Gasteiger partial charge in [0.2, 0.25) is 0 Å². The van der Waals surface area contributed by atoms with Crippen LogP contribution in [0.4, 0.5) is 4.39 Å². The van der Waals surface area contributed by atoms with Gasteiger partial charge in [-0.3, -0.25) is 9.59 Å². The fourth-order valence-corrected chi connectivity index (χ4v) is 4.38. The zero-order valence-corrected chi connectivity index (χ0v) is 21.6. The van der Waals surface area contributed by atoms with Gasteiger partial charge in [0.1, 0.15) is 23.9 Å². The smallest absolute Gasteiger partial charge is 0.262 e. The third-order valence-corrected chi connectivity index (χ3v) is 6.37. The lowest BCUT2D eigenvalue weighted by Gasteiger charge is -2.27. The van der Waals surface area contributed by atoms with E-state index in [2.05, 4.69) is 0 Å². The topological polar surface area (TPSA) is 80.7 Å². The summed E-state index contributed by atoms with van der Waals surface area (Å²) in [6.45, 7) is -0.0109. The predicted molar refractivity (Wildman–Crippen MR) is 141 cm³/mol. The molecule has 1 aliphatic heterocycles. The molecule has 0 unspecified atom stereocenters. The number of methoxy groups -OCH3 is 3. The van der Waals surface area contributed by atoms with E-state index in [1.165, 1.54) is 35.2 Å². The summed E-state index contributed by atoms with van der Waals surface area (Å²) in [7, 11) is 4.67. The lowest BCUT2D eigenvalue weighted by molar-refractivity contribution is -0.133. The lowest BCUT2D eigenvalue weighted by Crippen LogP contribution is -2.43. The van der Waals surface area contributed by atoms with Gasteiger partial charge in [-0.25, -0.2) is 9.40 Å². The molecule has 3 aromatic carbocycles. The Balaban J connectivity index is 1.66. The molecular weight excluding hydrogens is 489 g/mol. The van der Waals surface area contributed by atoms with Crippen molar-refractivity contribution in [2.45, 2.75) is 12.5 Å². The Bertz CT molecular complexity index is 1310. The Morgan fingerprint density at radius 2 is 1.68 bits per heavy atom. The van der Waals surface area contributed by atoms with Crippen molar-refractivity contribution in [1.82, 2.24) is 9.91 Å². The highest BCUT2D eigenvalue weighted by molar-refractivity contribution is 6.04. The van der Waals surface area contributed by atoms with Crippen molar-refractivity contribution < 1.29 is 28.2 Å². The van der Waals surface area contributed by atoms with E-state index in [1.807, 2.05) is 48.5 Å². The summed E-state index contributed by atoms with van der Waals surface area (Å²) in [5.74, 6) is -0.325. The number of hydrogen-bond donors (Lipinski definition) is 0. The molecule has 2 amide bonds. The number of amides is 2. The average Bonchev–Trinajstić information content (AvgIpc) is 3.40. The van der Waals surface area contributed by atoms with E-state index in [0.29, 0.717) is 23.6 Å². The second-order valence-corrected chi connectivity index (χ2v) is 8.67. The van der Waals surface area contributed by atoms with Crippen LogP contribution in [-0.4, -0.2) is 68.5 Å². The molecule has 0 aromatic heterocycles. The Morgan fingerprint density at radius 3 is 2.37 bits per heavy atom. The molecule has 198 valence electrons. The third-order valence-electron chi connectivity index (χ3n) is 6.37. The molecule has 1 aliphatic rings. The zero-order valence-electron chi connectivity index (χ0n) is 21.6. The highest BCUT2D eigenvalue weighted by Gasteiger charge is 2.36. The van der Waals surface area contributed by atoms with Crippen molar-refractivity contribution in [1.29, 1.82) is 0 Å². The molecule has 0 bridgehead atoms. The van der Waals surface area contributed by atoms with Gasteiger partial charge in [0.15, 0.2) is 0 Å². The Hall–Kier alpha value is -4.24. The maximum atomic E-state index is 14.4. The highest BCUT2D eigenvalue weighted by atomic mass is 19.1. The van der Waals surface area contributed by atoms with E-state index < -0.39 is 23.7 Å². The van der Waals surface area contributed by atoms with Gasteiger partial charge in [0, 0.05) is 25.6 Å². The van der Waals surface area contributed by atoms with Gasteiger partial charge in [0.25, 0.3) is 11.8 Å². The molecule has 0 fully saturated rings. The molecule has 1 atom stereocenters. The first-order valence-corrected chi connectivity index (χ1v) is 12.2. The van der Waals surface area contributed by atoms with E-state index in [-0.39, 0.29) is 25.3 Å². The monoisotopic (exact) mass is 519 g/mol. The largest absolute Gasteiger partial charge is 0.497 e. The first kappa shape index (κ1) is 26.8. The van der Waals surface area contributed by atoms with Crippen molar-refractivity contribution >= 4 is 17.5 Å². The maximum absolute atomic E-state index is 14.4. The van der Waals surface area contributed by atoms with Gasteiger partial charge in [-0.1, -0.05) is 30.3 Å². The van der Waals surface area contributed by atoms with E-state index in [1.54, 1.807) is 20.3 Å².